The predicted octanol–water partition coefficient (Wildman–Crippen LogP) is 3.82. The quantitative estimate of drug-likeness (QED) is 0.897. The largest absolute Gasteiger partial charge is 0.434 e. The Morgan fingerprint density at radius 2 is 2.16 bits per heavy atom. The number of carbonyl (C=O) groups excluding carboxylic acids is 1. The number of urea groups is 1. The van der Waals surface area contributed by atoms with E-state index in [9.17, 15) is 18.0 Å². The first-order valence-electron chi connectivity index (χ1n) is 5.97. The molecule has 0 unspecified atom stereocenters. The highest BCUT2D eigenvalue weighted by atomic mass is 32.1. The van der Waals surface area contributed by atoms with Crippen molar-refractivity contribution in [1.29, 1.82) is 0 Å². The number of alkyl halides is 3. The van der Waals surface area contributed by atoms with Crippen molar-refractivity contribution in [2.24, 2.45) is 0 Å². The van der Waals surface area contributed by atoms with Gasteiger partial charge in [-0.15, -0.1) is 11.3 Å². The predicted molar refractivity (Wildman–Crippen MR) is 68.3 cm³/mol. The van der Waals surface area contributed by atoms with E-state index in [-0.39, 0.29) is 5.13 Å². The van der Waals surface area contributed by atoms with Crippen LogP contribution in [0.15, 0.2) is 5.38 Å². The monoisotopic (exact) mass is 295 g/mol. The fraction of sp³-hybridized carbons (Fsp3) is 0.636. The van der Waals surface area contributed by atoms with E-state index in [1.807, 2.05) is 13.8 Å². The number of hydrogen-bond acceptors (Lipinski definition) is 3. The van der Waals surface area contributed by atoms with E-state index in [1.54, 1.807) is 0 Å². The lowest BCUT2D eigenvalue weighted by atomic mass is 10.3. The molecule has 1 N–H and O–H groups in total. The Bertz CT molecular complexity index is 420. The molecule has 1 aromatic rings. The molecule has 2 amide bonds. The van der Waals surface area contributed by atoms with Crippen molar-refractivity contribution >= 4 is 22.5 Å². The van der Waals surface area contributed by atoms with Gasteiger partial charge in [0.05, 0.1) is 0 Å². The van der Waals surface area contributed by atoms with Crippen LogP contribution in [0.4, 0.5) is 23.1 Å². The maximum atomic E-state index is 12.4. The van der Waals surface area contributed by atoms with E-state index >= 15 is 0 Å². The average Bonchev–Trinajstić information content (AvgIpc) is 2.78. The number of carbonyl (C=O) groups is 1. The molecule has 108 valence electrons. The van der Waals surface area contributed by atoms with Crippen molar-refractivity contribution in [3.8, 4) is 0 Å². The Balaban J connectivity index is 2.63. The molecule has 8 heteroatoms. The average molecular weight is 295 g/mol. The first kappa shape index (κ1) is 15.7. The van der Waals surface area contributed by atoms with Gasteiger partial charge >= 0.3 is 12.2 Å². The topological polar surface area (TPSA) is 45.2 Å². The maximum absolute atomic E-state index is 12.4. The molecule has 0 aliphatic rings. The van der Waals surface area contributed by atoms with E-state index in [4.69, 9.17) is 0 Å². The van der Waals surface area contributed by atoms with Gasteiger partial charge < -0.3 is 4.90 Å². The third-order valence-corrected chi connectivity index (χ3v) is 3.22. The second-order valence-corrected chi connectivity index (χ2v) is 4.76. The number of hydrogen-bond donors (Lipinski definition) is 1. The first-order valence-corrected chi connectivity index (χ1v) is 6.85. The molecule has 0 spiro atoms. The van der Waals surface area contributed by atoms with Crippen LogP contribution in [0.2, 0.25) is 0 Å². The third kappa shape index (κ3) is 4.70. The minimum absolute atomic E-state index is 0.0349. The zero-order valence-electron chi connectivity index (χ0n) is 10.8. The van der Waals surface area contributed by atoms with Crippen LogP contribution in [0.3, 0.4) is 0 Å². The number of nitrogens with zero attached hydrogens (tertiary/aromatic N) is 2. The van der Waals surface area contributed by atoms with Gasteiger partial charge in [-0.2, -0.15) is 13.2 Å². The summed E-state index contributed by atoms with van der Waals surface area (Å²) in [6.45, 7) is 4.90. The highest BCUT2D eigenvalue weighted by Crippen LogP contribution is 2.31. The van der Waals surface area contributed by atoms with E-state index in [0.717, 1.165) is 29.6 Å². The molecular weight excluding hydrogens is 279 g/mol. The lowest BCUT2D eigenvalue weighted by Crippen LogP contribution is -2.35. The zero-order valence-corrected chi connectivity index (χ0v) is 11.6. The molecule has 0 fully saturated rings. The van der Waals surface area contributed by atoms with Crippen LogP contribution in [-0.2, 0) is 6.18 Å². The molecule has 1 rings (SSSR count). The summed E-state index contributed by atoms with van der Waals surface area (Å²) in [5.41, 5.74) is -0.982. The Kier molecular flexibility index (Phi) is 5.59. The molecule has 0 bridgehead atoms. The van der Waals surface area contributed by atoms with Crippen molar-refractivity contribution < 1.29 is 18.0 Å². The van der Waals surface area contributed by atoms with Gasteiger partial charge in [-0.05, 0) is 13.3 Å². The number of halogens is 3. The van der Waals surface area contributed by atoms with Gasteiger partial charge in [0.1, 0.15) is 0 Å². The van der Waals surface area contributed by atoms with Crippen molar-refractivity contribution in [3.05, 3.63) is 11.1 Å². The summed E-state index contributed by atoms with van der Waals surface area (Å²) >= 11 is 0.767. The van der Waals surface area contributed by atoms with Gasteiger partial charge in [0.2, 0.25) is 0 Å². The number of nitrogens with one attached hydrogen (secondary N) is 1. The van der Waals surface area contributed by atoms with Gasteiger partial charge in [0.25, 0.3) is 0 Å². The number of rotatable bonds is 5. The second kappa shape index (κ2) is 6.74. The molecule has 4 nitrogen and oxygen atoms in total. The van der Waals surface area contributed by atoms with Crippen LogP contribution >= 0.6 is 11.3 Å². The van der Waals surface area contributed by atoms with Crippen LogP contribution < -0.4 is 5.32 Å². The van der Waals surface area contributed by atoms with Crippen molar-refractivity contribution in [3.63, 3.8) is 0 Å². The number of anilines is 1. The van der Waals surface area contributed by atoms with Crippen molar-refractivity contribution in [2.75, 3.05) is 18.4 Å². The summed E-state index contributed by atoms with van der Waals surface area (Å²) in [4.78, 5) is 16.7. The fourth-order valence-corrected chi connectivity index (χ4v) is 2.09. The van der Waals surface area contributed by atoms with Gasteiger partial charge in [-0.3, -0.25) is 5.32 Å². The van der Waals surface area contributed by atoms with Crippen molar-refractivity contribution in [1.82, 2.24) is 9.88 Å². The molecule has 0 aliphatic heterocycles. The number of unbranched alkanes of at least 4 members (excludes halogenated alkanes) is 1. The smallest absolute Gasteiger partial charge is 0.325 e. The molecule has 0 radical (unpaired) electrons. The number of aromatic nitrogens is 1. The molecule has 19 heavy (non-hydrogen) atoms. The highest BCUT2D eigenvalue weighted by Gasteiger charge is 2.34. The third-order valence-electron chi connectivity index (χ3n) is 2.46. The van der Waals surface area contributed by atoms with Crippen LogP contribution in [0.1, 0.15) is 32.4 Å². The molecule has 0 aliphatic carbocycles. The first-order chi connectivity index (χ1) is 8.88. The van der Waals surface area contributed by atoms with Crippen LogP contribution in [0.5, 0.6) is 0 Å². The SMILES string of the molecule is CCCCN(CC)C(=O)Nc1nc(C(F)(F)F)cs1. The summed E-state index contributed by atoms with van der Waals surface area (Å²) < 4.78 is 37.1. The zero-order chi connectivity index (χ0) is 14.5. The Labute approximate surface area is 113 Å². The van der Waals surface area contributed by atoms with E-state index in [0.29, 0.717) is 13.1 Å². The highest BCUT2D eigenvalue weighted by molar-refractivity contribution is 7.13. The lowest BCUT2D eigenvalue weighted by molar-refractivity contribution is -0.140. The normalized spacial score (nSPS) is 11.4. The summed E-state index contributed by atoms with van der Waals surface area (Å²) in [6.07, 6.45) is -2.68. The molecule has 0 saturated heterocycles. The Morgan fingerprint density at radius 1 is 1.47 bits per heavy atom. The fourth-order valence-electron chi connectivity index (χ4n) is 1.38. The van der Waals surface area contributed by atoms with Crippen LogP contribution in [0.25, 0.3) is 0 Å². The summed E-state index contributed by atoms with van der Waals surface area (Å²) in [7, 11) is 0. The van der Waals surface area contributed by atoms with Gasteiger partial charge in [0.15, 0.2) is 10.8 Å². The molecular formula is C11H16F3N3OS. The molecule has 0 atom stereocenters. The van der Waals surface area contributed by atoms with Gasteiger partial charge in [0, 0.05) is 18.5 Å². The summed E-state index contributed by atoms with van der Waals surface area (Å²) in [5, 5.41) is 3.24. The van der Waals surface area contributed by atoms with Gasteiger partial charge in [-0.1, -0.05) is 13.3 Å². The molecule has 0 aromatic carbocycles. The van der Waals surface area contributed by atoms with E-state index in [2.05, 4.69) is 10.3 Å². The Hall–Kier alpha value is -1.31. The second-order valence-electron chi connectivity index (χ2n) is 3.90. The summed E-state index contributed by atoms with van der Waals surface area (Å²) in [6, 6.07) is -0.418. The van der Waals surface area contributed by atoms with E-state index < -0.39 is 17.9 Å². The molecule has 0 saturated carbocycles. The Morgan fingerprint density at radius 3 is 2.63 bits per heavy atom. The van der Waals surface area contributed by atoms with Crippen LogP contribution in [-0.4, -0.2) is 29.0 Å². The summed E-state index contributed by atoms with van der Waals surface area (Å²) in [5.74, 6) is 0. The number of amides is 2. The number of thiazole rings is 1. The lowest BCUT2D eigenvalue weighted by Gasteiger charge is -2.20. The van der Waals surface area contributed by atoms with Crippen LogP contribution in [0, 0.1) is 0 Å². The van der Waals surface area contributed by atoms with Crippen molar-refractivity contribution in [2.45, 2.75) is 32.9 Å². The van der Waals surface area contributed by atoms with Gasteiger partial charge in [-0.25, -0.2) is 9.78 Å². The van der Waals surface area contributed by atoms with E-state index in [1.165, 1.54) is 4.90 Å². The molecule has 1 heterocycles. The molecule has 1 aromatic heterocycles. The minimum Gasteiger partial charge on any atom is -0.325 e. The standard InChI is InChI=1S/C11H16F3N3OS/c1-3-5-6-17(4-2)10(18)16-9-15-8(7-19-9)11(12,13)14/h7H,3-6H2,1-2H3,(H,15,16,18). The maximum Gasteiger partial charge on any atom is 0.434 e. The minimum atomic E-state index is -4.48.